The van der Waals surface area contributed by atoms with E-state index < -0.39 is 6.10 Å². The lowest BCUT2D eigenvalue weighted by Crippen LogP contribution is -1.93. The Hall–Kier alpha value is -0.960. The van der Waals surface area contributed by atoms with Crippen LogP contribution in [0, 0.1) is 0 Å². The molecule has 3 heteroatoms. The molecule has 0 amide bonds. The van der Waals surface area contributed by atoms with Crippen molar-refractivity contribution >= 4 is 23.4 Å². The molecule has 2 rings (SSSR count). The van der Waals surface area contributed by atoms with E-state index in [4.69, 9.17) is 11.6 Å². The Bertz CT molecular complexity index is 508. The van der Waals surface area contributed by atoms with Crippen LogP contribution in [0.15, 0.2) is 53.4 Å². The Morgan fingerprint density at radius 3 is 2.44 bits per heavy atom. The summed E-state index contributed by atoms with van der Waals surface area (Å²) in [6, 6.07) is 15.8. The van der Waals surface area contributed by atoms with Crippen LogP contribution < -0.4 is 0 Å². The predicted octanol–water partition coefficient (Wildman–Crippen LogP) is 4.69. The summed E-state index contributed by atoms with van der Waals surface area (Å²) in [7, 11) is 0. The molecule has 0 fully saturated rings. The first-order valence-corrected chi connectivity index (χ1v) is 7.17. The standard InChI is InChI=1S/C15H15ClOS/c1-11(17)14-4-2-3-5-15(14)18-10-12-6-8-13(16)9-7-12/h2-9,11,17H,10H2,1H3. The second kappa shape index (κ2) is 6.28. The topological polar surface area (TPSA) is 20.2 Å². The number of hydrogen-bond acceptors (Lipinski definition) is 2. The van der Waals surface area contributed by atoms with Gasteiger partial charge in [-0.1, -0.05) is 41.9 Å². The van der Waals surface area contributed by atoms with Crippen LogP contribution in [-0.2, 0) is 5.75 Å². The summed E-state index contributed by atoms with van der Waals surface area (Å²) in [6.45, 7) is 1.79. The third kappa shape index (κ3) is 3.52. The monoisotopic (exact) mass is 278 g/mol. The van der Waals surface area contributed by atoms with Crippen LogP contribution in [0.4, 0.5) is 0 Å². The van der Waals surface area contributed by atoms with Gasteiger partial charge in [-0.25, -0.2) is 0 Å². The summed E-state index contributed by atoms with van der Waals surface area (Å²) < 4.78 is 0. The molecule has 0 aromatic heterocycles. The van der Waals surface area contributed by atoms with Crippen molar-refractivity contribution in [3.63, 3.8) is 0 Å². The van der Waals surface area contributed by atoms with Gasteiger partial charge in [-0.2, -0.15) is 0 Å². The van der Waals surface area contributed by atoms with Crippen LogP contribution in [0.3, 0.4) is 0 Å². The van der Waals surface area contributed by atoms with E-state index in [0.717, 1.165) is 21.2 Å². The van der Waals surface area contributed by atoms with Gasteiger partial charge in [-0.05, 0) is 36.2 Å². The number of rotatable bonds is 4. The van der Waals surface area contributed by atoms with E-state index in [2.05, 4.69) is 0 Å². The van der Waals surface area contributed by atoms with Gasteiger partial charge < -0.3 is 5.11 Å². The fraction of sp³-hybridized carbons (Fsp3) is 0.200. The lowest BCUT2D eigenvalue weighted by molar-refractivity contribution is 0.196. The van der Waals surface area contributed by atoms with Gasteiger partial charge in [0, 0.05) is 15.7 Å². The maximum Gasteiger partial charge on any atom is 0.0772 e. The minimum atomic E-state index is -0.432. The van der Waals surface area contributed by atoms with Crippen molar-refractivity contribution in [2.24, 2.45) is 0 Å². The van der Waals surface area contributed by atoms with Crippen molar-refractivity contribution < 1.29 is 5.11 Å². The molecule has 0 heterocycles. The largest absolute Gasteiger partial charge is 0.389 e. The molecular formula is C15H15ClOS. The summed E-state index contributed by atoms with van der Waals surface area (Å²) >= 11 is 7.59. The highest BCUT2D eigenvalue weighted by Crippen LogP contribution is 2.30. The third-order valence-corrected chi connectivity index (χ3v) is 4.09. The lowest BCUT2D eigenvalue weighted by Gasteiger charge is -2.11. The fourth-order valence-corrected chi connectivity index (χ4v) is 2.92. The second-order valence-electron chi connectivity index (χ2n) is 4.13. The highest BCUT2D eigenvalue weighted by molar-refractivity contribution is 7.98. The van der Waals surface area contributed by atoms with Gasteiger partial charge in [0.15, 0.2) is 0 Å². The van der Waals surface area contributed by atoms with Crippen LogP contribution in [0.2, 0.25) is 5.02 Å². The predicted molar refractivity (Wildman–Crippen MR) is 78.1 cm³/mol. The number of benzene rings is 2. The highest BCUT2D eigenvalue weighted by atomic mass is 35.5. The van der Waals surface area contributed by atoms with Crippen molar-refractivity contribution in [2.45, 2.75) is 23.7 Å². The van der Waals surface area contributed by atoms with E-state index in [1.54, 1.807) is 18.7 Å². The molecule has 1 nitrogen and oxygen atoms in total. The second-order valence-corrected chi connectivity index (χ2v) is 5.58. The maximum atomic E-state index is 9.71. The Balaban J connectivity index is 2.08. The molecule has 1 atom stereocenters. The van der Waals surface area contributed by atoms with Crippen molar-refractivity contribution in [3.8, 4) is 0 Å². The molecule has 0 saturated heterocycles. The first-order valence-electron chi connectivity index (χ1n) is 5.81. The molecule has 0 aliphatic rings. The van der Waals surface area contributed by atoms with Gasteiger partial charge in [0.05, 0.1) is 6.10 Å². The molecule has 0 bridgehead atoms. The van der Waals surface area contributed by atoms with Crippen LogP contribution in [0.25, 0.3) is 0 Å². The molecule has 0 saturated carbocycles. The van der Waals surface area contributed by atoms with Gasteiger partial charge in [-0.15, -0.1) is 11.8 Å². The summed E-state index contributed by atoms with van der Waals surface area (Å²) in [5.74, 6) is 0.876. The van der Waals surface area contributed by atoms with Gasteiger partial charge in [0.25, 0.3) is 0 Å². The number of hydrogen-bond donors (Lipinski definition) is 1. The Kier molecular flexibility index (Phi) is 4.70. The van der Waals surface area contributed by atoms with Gasteiger partial charge >= 0.3 is 0 Å². The SMILES string of the molecule is CC(O)c1ccccc1SCc1ccc(Cl)cc1. The average molecular weight is 279 g/mol. The van der Waals surface area contributed by atoms with Gasteiger partial charge in [0.1, 0.15) is 0 Å². The molecule has 2 aromatic rings. The summed E-state index contributed by atoms with van der Waals surface area (Å²) in [6.07, 6.45) is -0.432. The van der Waals surface area contributed by atoms with Crippen LogP contribution in [-0.4, -0.2) is 5.11 Å². The summed E-state index contributed by atoms with van der Waals surface area (Å²) in [4.78, 5) is 1.13. The zero-order chi connectivity index (χ0) is 13.0. The summed E-state index contributed by atoms with van der Waals surface area (Å²) in [5, 5.41) is 10.5. The first-order chi connectivity index (χ1) is 8.66. The molecule has 1 unspecified atom stereocenters. The number of aliphatic hydroxyl groups is 1. The molecule has 18 heavy (non-hydrogen) atoms. The molecule has 0 radical (unpaired) electrons. The summed E-state index contributed by atoms with van der Waals surface area (Å²) in [5.41, 5.74) is 2.21. The smallest absolute Gasteiger partial charge is 0.0772 e. The van der Waals surface area contributed by atoms with Crippen LogP contribution in [0.1, 0.15) is 24.2 Å². The Morgan fingerprint density at radius 1 is 1.11 bits per heavy atom. The van der Waals surface area contributed by atoms with E-state index in [9.17, 15) is 5.11 Å². The van der Waals surface area contributed by atoms with E-state index in [-0.39, 0.29) is 0 Å². The third-order valence-electron chi connectivity index (χ3n) is 2.68. The minimum Gasteiger partial charge on any atom is -0.389 e. The molecule has 94 valence electrons. The maximum absolute atomic E-state index is 9.71. The fourth-order valence-electron chi connectivity index (χ4n) is 1.70. The molecule has 0 aliphatic carbocycles. The number of halogens is 1. The Morgan fingerprint density at radius 2 is 1.78 bits per heavy atom. The van der Waals surface area contributed by atoms with Crippen molar-refractivity contribution in [1.29, 1.82) is 0 Å². The quantitative estimate of drug-likeness (QED) is 0.819. The highest BCUT2D eigenvalue weighted by Gasteiger charge is 2.07. The van der Waals surface area contributed by atoms with Crippen LogP contribution >= 0.6 is 23.4 Å². The van der Waals surface area contributed by atoms with E-state index in [1.807, 2.05) is 48.5 Å². The van der Waals surface area contributed by atoms with Crippen LogP contribution in [0.5, 0.6) is 0 Å². The molecular weight excluding hydrogens is 264 g/mol. The average Bonchev–Trinajstić information content (AvgIpc) is 2.38. The zero-order valence-electron chi connectivity index (χ0n) is 10.1. The molecule has 0 spiro atoms. The van der Waals surface area contributed by atoms with Crippen molar-refractivity contribution in [3.05, 3.63) is 64.7 Å². The number of thioether (sulfide) groups is 1. The molecule has 2 aromatic carbocycles. The number of aliphatic hydroxyl groups excluding tert-OH is 1. The van der Waals surface area contributed by atoms with Crippen molar-refractivity contribution in [1.82, 2.24) is 0 Å². The van der Waals surface area contributed by atoms with Gasteiger partial charge in [-0.3, -0.25) is 0 Å². The van der Waals surface area contributed by atoms with Gasteiger partial charge in [0.2, 0.25) is 0 Å². The normalized spacial score (nSPS) is 12.4. The van der Waals surface area contributed by atoms with Crippen molar-refractivity contribution in [2.75, 3.05) is 0 Å². The van der Waals surface area contributed by atoms with E-state index in [0.29, 0.717) is 0 Å². The minimum absolute atomic E-state index is 0.432. The molecule has 1 N–H and O–H groups in total. The lowest BCUT2D eigenvalue weighted by atomic mass is 10.1. The molecule has 0 aliphatic heterocycles. The first kappa shape index (κ1) is 13.5. The van der Waals surface area contributed by atoms with E-state index >= 15 is 0 Å². The zero-order valence-corrected chi connectivity index (χ0v) is 11.7. The van der Waals surface area contributed by atoms with E-state index in [1.165, 1.54) is 5.56 Å². The Labute approximate surface area is 117 Å².